The van der Waals surface area contributed by atoms with E-state index in [1.54, 1.807) is 0 Å². The topological polar surface area (TPSA) is 26.3 Å². The number of ether oxygens (including phenoxy) is 1. The molecule has 0 unspecified atom stereocenters. The quantitative estimate of drug-likeness (QED) is 0.733. The first kappa shape index (κ1) is 15.2. The molecule has 0 amide bonds. The van der Waals surface area contributed by atoms with Gasteiger partial charge >= 0.3 is 12.1 Å². The van der Waals surface area contributed by atoms with Crippen LogP contribution in [0.4, 0.5) is 13.2 Å². The summed E-state index contributed by atoms with van der Waals surface area (Å²) in [4.78, 5) is 11.5. The molecule has 1 aliphatic carbocycles. The van der Waals surface area contributed by atoms with Gasteiger partial charge in [0.25, 0.3) is 0 Å². The fourth-order valence-electron chi connectivity index (χ4n) is 2.68. The summed E-state index contributed by atoms with van der Waals surface area (Å²) >= 11 is 5.94. The second-order valence-electron chi connectivity index (χ2n) is 4.89. The van der Waals surface area contributed by atoms with Crippen molar-refractivity contribution in [2.75, 3.05) is 7.11 Å². The van der Waals surface area contributed by atoms with Crippen LogP contribution in [-0.2, 0) is 10.9 Å². The van der Waals surface area contributed by atoms with Crippen LogP contribution in [-0.4, -0.2) is 13.1 Å². The van der Waals surface area contributed by atoms with E-state index in [9.17, 15) is 18.0 Å². The highest BCUT2D eigenvalue weighted by Gasteiger charge is 2.37. The van der Waals surface area contributed by atoms with Crippen LogP contribution in [0.15, 0.2) is 12.1 Å². The van der Waals surface area contributed by atoms with Crippen molar-refractivity contribution in [1.82, 2.24) is 0 Å². The SMILES string of the molecule is COC(=O)c1cc(C(F)(F)F)c(C2CCCC2)cc1Cl. The molecule has 0 heterocycles. The third-order valence-corrected chi connectivity index (χ3v) is 3.96. The standard InChI is InChI=1S/C14H14ClF3O2/c1-20-13(19)10-6-11(14(16,17)18)9(7-12(10)15)8-4-2-3-5-8/h6-8H,2-5H2,1H3. The van der Waals surface area contributed by atoms with E-state index in [1.807, 2.05) is 0 Å². The Bertz CT molecular complexity index is 520. The van der Waals surface area contributed by atoms with Crippen molar-refractivity contribution in [2.24, 2.45) is 0 Å². The van der Waals surface area contributed by atoms with Crippen LogP contribution in [0.2, 0.25) is 5.02 Å². The first-order valence-corrected chi connectivity index (χ1v) is 6.71. The lowest BCUT2D eigenvalue weighted by atomic mass is 9.91. The van der Waals surface area contributed by atoms with Crippen LogP contribution in [0.3, 0.4) is 0 Å². The minimum atomic E-state index is -4.51. The maximum Gasteiger partial charge on any atom is 0.416 e. The lowest BCUT2D eigenvalue weighted by molar-refractivity contribution is -0.138. The van der Waals surface area contributed by atoms with E-state index in [1.165, 1.54) is 6.07 Å². The van der Waals surface area contributed by atoms with Gasteiger partial charge in [0, 0.05) is 0 Å². The Morgan fingerprint density at radius 1 is 1.30 bits per heavy atom. The van der Waals surface area contributed by atoms with Crippen LogP contribution in [0.1, 0.15) is 53.1 Å². The Labute approximate surface area is 119 Å². The van der Waals surface area contributed by atoms with Gasteiger partial charge in [-0.2, -0.15) is 13.2 Å². The second kappa shape index (κ2) is 5.64. The van der Waals surface area contributed by atoms with Gasteiger partial charge in [-0.05, 0) is 36.5 Å². The van der Waals surface area contributed by atoms with E-state index in [0.717, 1.165) is 38.9 Å². The van der Waals surface area contributed by atoms with Crippen molar-refractivity contribution in [3.8, 4) is 0 Å². The van der Waals surface area contributed by atoms with Crippen molar-refractivity contribution < 1.29 is 22.7 Å². The number of hydrogen-bond donors (Lipinski definition) is 0. The van der Waals surface area contributed by atoms with Crippen molar-refractivity contribution >= 4 is 17.6 Å². The van der Waals surface area contributed by atoms with Gasteiger partial charge in [0.2, 0.25) is 0 Å². The molecule has 1 aromatic carbocycles. The predicted octanol–water partition coefficient (Wildman–Crippen LogP) is 4.80. The monoisotopic (exact) mass is 306 g/mol. The van der Waals surface area contributed by atoms with Crippen molar-refractivity contribution in [3.05, 3.63) is 33.8 Å². The number of carbonyl (C=O) groups excluding carboxylic acids is 1. The zero-order chi connectivity index (χ0) is 14.9. The number of alkyl halides is 3. The summed E-state index contributed by atoms with van der Waals surface area (Å²) in [5.74, 6) is -1.01. The molecule has 1 fully saturated rings. The Morgan fingerprint density at radius 3 is 2.40 bits per heavy atom. The molecule has 110 valence electrons. The molecule has 6 heteroatoms. The van der Waals surface area contributed by atoms with Gasteiger partial charge in [-0.3, -0.25) is 0 Å². The maximum absolute atomic E-state index is 13.2. The van der Waals surface area contributed by atoms with Gasteiger partial charge in [0.05, 0.1) is 23.3 Å². The largest absolute Gasteiger partial charge is 0.465 e. The highest BCUT2D eigenvalue weighted by molar-refractivity contribution is 6.33. The molecule has 0 N–H and O–H groups in total. The molecule has 0 radical (unpaired) electrons. The van der Waals surface area contributed by atoms with E-state index in [0.29, 0.717) is 0 Å². The third-order valence-electron chi connectivity index (χ3n) is 3.64. The minimum Gasteiger partial charge on any atom is -0.465 e. The Morgan fingerprint density at radius 2 is 1.90 bits per heavy atom. The molecule has 0 aromatic heterocycles. The summed E-state index contributed by atoms with van der Waals surface area (Å²) in [5.41, 5.74) is -0.843. The van der Waals surface area contributed by atoms with Crippen LogP contribution < -0.4 is 0 Å². The van der Waals surface area contributed by atoms with Crippen LogP contribution in [0, 0.1) is 0 Å². The molecule has 0 bridgehead atoms. The molecule has 0 saturated heterocycles. The lowest BCUT2D eigenvalue weighted by Gasteiger charge is -2.19. The van der Waals surface area contributed by atoms with Crippen molar-refractivity contribution in [3.63, 3.8) is 0 Å². The molecule has 0 atom stereocenters. The number of carbonyl (C=O) groups is 1. The number of benzene rings is 1. The number of hydrogen-bond acceptors (Lipinski definition) is 2. The fourth-order valence-corrected chi connectivity index (χ4v) is 2.92. The number of rotatable bonds is 2. The fraction of sp³-hybridized carbons (Fsp3) is 0.500. The van der Waals surface area contributed by atoms with Gasteiger partial charge in [0.15, 0.2) is 0 Å². The summed E-state index contributed by atoms with van der Waals surface area (Å²) in [6.45, 7) is 0. The third kappa shape index (κ3) is 2.92. The minimum absolute atomic E-state index is 0.00625. The Kier molecular flexibility index (Phi) is 4.28. The number of methoxy groups -OCH3 is 1. The van der Waals surface area contributed by atoms with Crippen LogP contribution in [0.25, 0.3) is 0 Å². The van der Waals surface area contributed by atoms with Crippen molar-refractivity contribution in [2.45, 2.75) is 37.8 Å². The van der Waals surface area contributed by atoms with Gasteiger partial charge < -0.3 is 4.74 Å². The second-order valence-corrected chi connectivity index (χ2v) is 5.30. The first-order valence-electron chi connectivity index (χ1n) is 6.33. The lowest BCUT2D eigenvalue weighted by Crippen LogP contribution is -2.14. The number of halogens is 4. The Hall–Kier alpha value is -1.23. The van der Waals surface area contributed by atoms with Crippen LogP contribution >= 0.6 is 11.6 Å². The zero-order valence-corrected chi connectivity index (χ0v) is 11.6. The molecule has 2 rings (SSSR count). The van der Waals surface area contributed by atoms with Gasteiger partial charge in [-0.15, -0.1) is 0 Å². The highest BCUT2D eigenvalue weighted by atomic mass is 35.5. The zero-order valence-electron chi connectivity index (χ0n) is 10.9. The molecule has 1 saturated carbocycles. The molecule has 0 spiro atoms. The highest BCUT2D eigenvalue weighted by Crippen LogP contribution is 2.43. The average Bonchev–Trinajstić information content (AvgIpc) is 2.89. The normalized spacial score (nSPS) is 16.4. The van der Waals surface area contributed by atoms with Gasteiger partial charge in [-0.1, -0.05) is 24.4 Å². The van der Waals surface area contributed by atoms with E-state index in [-0.39, 0.29) is 22.1 Å². The number of esters is 1. The van der Waals surface area contributed by atoms with Crippen LogP contribution in [0.5, 0.6) is 0 Å². The molecule has 2 nitrogen and oxygen atoms in total. The van der Waals surface area contributed by atoms with E-state index >= 15 is 0 Å². The summed E-state index contributed by atoms with van der Waals surface area (Å²) in [7, 11) is 1.11. The maximum atomic E-state index is 13.2. The van der Waals surface area contributed by atoms with Gasteiger partial charge in [-0.25, -0.2) is 4.79 Å². The molecule has 20 heavy (non-hydrogen) atoms. The van der Waals surface area contributed by atoms with E-state index in [2.05, 4.69) is 4.74 Å². The van der Waals surface area contributed by atoms with Crippen molar-refractivity contribution in [1.29, 1.82) is 0 Å². The molecule has 1 aliphatic rings. The molecular formula is C14H14ClF3O2. The summed E-state index contributed by atoms with van der Waals surface area (Å²) in [5, 5.41) is 0.00625. The predicted molar refractivity (Wildman–Crippen MR) is 69.0 cm³/mol. The summed E-state index contributed by atoms with van der Waals surface area (Å²) in [6, 6.07) is 2.08. The molecular weight excluding hydrogens is 293 g/mol. The van der Waals surface area contributed by atoms with E-state index < -0.39 is 17.7 Å². The average molecular weight is 307 g/mol. The van der Waals surface area contributed by atoms with Gasteiger partial charge in [0.1, 0.15) is 0 Å². The van der Waals surface area contributed by atoms with E-state index in [4.69, 9.17) is 11.6 Å². The first-order chi connectivity index (χ1) is 9.34. The summed E-state index contributed by atoms with van der Waals surface area (Å²) < 4.78 is 44.0. The smallest absolute Gasteiger partial charge is 0.416 e. The molecule has 1 aromatic rings. The molecule has 0 aliphatic heterocycles. The Balaban J connectivity index is 2.56. The summed E-state index contributed by atoms with van der Waals surface area (Å²) in [6.07, 6.45) is -1.24.